The van der Waals surface area contributed by atoms with Crippen molar-refractivity contribution in [3.8, 4) is 17.3 Å². The third-order valence-electron chi connectivity index (χ3n) is 2.75. The largest absolute Gasteiger partial charge is 0.255 e. The van der Waals surface area contributed by atoms with Crippen LogP contribution in [0, 0.1) is 12.7 Å². The maximum absolute atomic E-state index is 13.4. The van der Waals surface area contributed by atoms with Crippen molar-refractivity contribution in [1.82, 2.24) is 24.7 Å². The summed E-state index contributed by atoms with van der Waals surface area (Å²) < 4.78 is 14.8. The molecule has 0 unspecified atom stereocenters. The van der Waals surface area contributed by atoms with E-state index in [0.29, 0.717) is 11.4 Å². The van der Waals surface area contributed by atoms with Crippen LogP contribution < -0.4 is 0 Å². The first-order valence-corrected chi connectivity index (χ1v) is 6.19. The van der Waals surface area contributed by atoms with Gasteiger partial charge in [-0.2, -0.15) is 20.1 Å². The third-order valence-corrected chi connectivity index (χ3v) is 2.92. The molecule has 3 rings (SSSR count). The molecule has 0 atom stereocenters. The van der Waals surface area contributed by atoms with E-state index in [0.717, 1.165) is 5.56 Å². The van der Waals surface area contributed by atoms with Crippen molar-refractivity contribution in [2.45, 2.75) is 6.92 Å². The number of halogens is 2. The van der Waals surface area contributed by atoms with Crippen LogP contribution in [0.4, 0.5) is 4.39 Å². The SMILES string of the molecule is Cc1ccc(F)cc1-c1nc(Cl)nc(-n2cccn2)n1. The van der Waals surface area contributed by atoms with Gasteiger partial charge in [0.15, 0.2) is 5.82 Å². The molecule has 7 heteroatoms. The van der Waals surface area contributed by atoms with Crippen molar-refractivity contribution in [2.24, 2.45) is 0 Å². The molecule has 0 spiro atoms. The maximum atomic E-state index is 13.4. The number of benzene rings is 1. The minimum atomic E-state index is -0.359. The minimum absolute atomic E-state index is 0.0316. The summed E-state index contributed by atoms with van der Waals surface area (Å²) in [6.45, 7) is 1.85. The van der Waals surface area contributed by atoms with Crippen LogP contribution >= 0.6 is 11.6 Å². The number of rotatable bonds is 2. The second kappa shape index (κ2) is 4.97. The Morgan fingerprint density at radius 1 is 1.20 bits per heavy atom. The lowest BCUT2D eigenvalue weighted by Gasteiger charge is -2.07. The number of aromatic nitrogens is 5. The zero-order valence-corrected chi connectivity index (χ0v) is 11.2. The van der Waals surface area contributed by atoms with Crippen LogP contribution in [0.15, 0.2) is 36.7 Å². The first-order chi connectivity index (χ1) is 9.63. The molecule has 1 aromatic carbocycles. The van der Waals surface area contributed by atoms with Gasteiger partial charge in [0.1, 0.15) is 5.82 Å². The van der Waals surface area contributed by atoms with E-state index in [1.807, 2.05) is 6.92 Å². The number of hydrogen-bond donors (Lipinski definition) is 0. The second-order valence-electron chi connectivity index (χ2n) is 4.14. The summed E-state index contributed by atoms with van der Waals surface area (Å²) in [7, 11) is 0. The van der Waals surface area contributed by atoms with Gasteiger partial charge in [-0.1, -0.05) is 6.07 Å². The van der Waals surface area contributed by atoms with Crippen LogP contribution in [0.5, 0.6) is 0 Å². The highest BCUT2D eigenvalue weighted by Crippen LogP contribution is 2.22. The molecule has 20 heavy (non-hydrogen) atoms. The fourth-order valence-corrected chi connectivity index (χ4v) is 1.94. The molecule has 2 aromatic heterocycles. The molecule has 0 N–H and O–H groups in total. The summed E-state index contributed by atoms with van der Waals surface area (Å²) in [6, 6.07) is 6.16. The monoisotopic (exact) mass is 289 g/mol. The summed E-state index contributed by atoms with van der Waals surface area (Å²) in [5.74, 6) is 0.240. The molecule has 0 radical (unpaired) electrons. The van der Waals surface area contributed by atoms with Crippen LogP contribution in [0.3, 0.4) is 0 Å². The molecular formula is C13H9ClFN5. The Hall–Kier alpha value is -2.34. The first-order valence-electron chi connectivity index (χ1n) is 5.81. The Kier molecular flexibility index (Phi) is 3.15. The van der Waals surface area contributed by atoms with Crippen LogP contribution in [0.25, 0.3) is 17.3 Å². The molecule has 0 fully saturated rings. The van der Waals surface area contributed by atoms with Crippen LogP contribution in [0.2, 0.25) is 5.28 Å². The Balaban J connectivity index is 2.17. The van der Waals surface area contributed by atoms with Crippen molar-refractivity contribution in [2.75, 3.05) is 0 Å². The Morgan fingerprint density at radius 3 is 2.80 bits per heavy atom. The van der Waals surface area contributed by atoms with Crippen LogP contribution in [0.1, 0.15) is 5.56 Å². The highest BCUT2D eigenvalue weighted by molar-refractivity contribution is 6.28. The van der Waals surface area contributed by atoms with Gasteiger partial charge in [-0.15, -0.1) is 0 Å². The molecule has 0 saturated heterocycles. The van der Waals surface area contributed by atoms with Gasteiger partial charge in [0, 0.05) is 18.0 Å². The van der Waals surface area contributed by atoms with Gasteiger partial charge >= 0.3 is 0 Å². The van der Waals surface area contributed by atoms with Crippen molar-refractivity contribution in [3.63, 3.8) is 0 Å². The van der Waals surface area contributed by atoms with Gasteiger partial charge in [0.05, 0.1) is 0 Å². The topological polar surface area (TPSA) is 56.5 Å². The summed E-state index contributed by atoms with van der Waals surface area (Å²) in [6.07, 6.45) is 3.29. The predicted molar refractivity (Wildman–Crippen MR) is 72.1 cm³/mol. The number of nitrogens with zero attached hydrogens (tertiary/aromatic N) is 5. The van der Waals surface area contributed by atoms with Crippen molar-refractivity contribution < 1.29 is 4.39 Å². The maximum Gasteiger partial charge on any atom is 0.255 e. The van der Waals surface area contributed by atoms with Gasteiger partial charge in [-0.05, 0) is 42.3 Å². The summed E-state index contributed by atoms with van der Waals surface area (Å²) >= 11 is 5.91. The molecule has 0 aliphatic rings. The fraction of sp³-hybridized carbons (Fsp3) is 0.0769. The molecule has 0 bridgehead atoms. The molecule has 0 amide bonds. The van der Waals surface area contributed by atoms with E-state index in [-0.39, 0.29) is 17.0 Å². The van der Waals surface area contributed by atoms with E-state index in [9.17, 15) is 4.39 Å². The van der Waals surface area contributed by atoms with E-state index in [2.05, 4.69) is 20.1 Å². The van der Waals surface area contributed by atoms with Gasteiger partial charge < -0.3 is 0 Å². The second-order valence-corrected chi connectivity index (χ2v) is 4.48. The third kappa shape index (κ3) is 2.37. The van der Waals surface area contributed by atoms with Crippen LogP contribution in [-0.4, -0.2) is 24.7 Å². The highest BCUT2D eigenvalue weighted by Gasteiger charge is 2.11. The zero-order valence-electron chi connectivity index (χ0n) is 10.5. The van der Waals surface area contributed by atoms with Gasteiger partial charge in [0.2, 0.25) is 5.28 Å². The molecule has 5 nitrogen and oxygen atoms in total. The Morgan fingerprint density at radius 2 is 2.05 bits per heavy atom. The highest BCUT2D eigenvalue weighted by atomic mass is 35.5. The molecule has 0 aliphatic heterocycles. The quantitative estimate of drug-likeness (QED) is 0.728. The fourth-order valence-electron chi connectivity index (χ4n) is 1.78. The number of hydrogen-bond acceptors (Lipinski definition) is 4. The van der Waals surface area contributed by atoms with E-state index in [4.69, 9.17) is 11.6 Å². The average Bonchev–Trinajstić information content (AvgIpc) is 2.95. The Labute approximate surface area is 119 Å². The molecular weight excluding hydrogens is 281 g/mol. The lowest BCUT2D eigenvalue weighted by Crippen LogP contribution is -2.05. The van der Waals surface area contributed by atoms with Gasteiger partial charge in [0.25, 0.3) is 5.95 Å². The average molecular weight is 290 g/mol. The number of aryl methyl sites for hydroxylation is 1. The lowest BCUT2D eigenvalue weighted by molar-refractivity contribution is 0.627. The summed E-state index contributed by atoms with van der Waals surface area (Å²) in [5, 5.41) is 4.07. The smallest absolute Gasteiger partial charge is 0.207 e. The minimum Gasteiger partial charge on any atom is -0.207 e. The normalized spacial score (nSPS) is 10.8. The van der Waals surface area contributed by atoms with Crippen molar-refractivity contribution in [1.29, 1.82) is 0 Å². The molecule has 2 heterocycles. The first kappa shape index (κ1) is 12.7. The standard InChI is InChI=1S/C13H9ClFN5/c1-8-3-4-9(15)7-10(8)11-17-12(14)19-13(18-11)20-6-2-5-16-20/h2-7H,1H3. The van der Waals surface area contributed by atoms with Crippen molar-refractivity contribution >= 4 is 11.6 Å². The molecule has 0 saturated carbocycles. The van der Waals surface area contributed by atoms with Crippen molar-refractivity contribution in [3.05, 3.63) is 53.3 Å². The molecule has 3 aromatic rings. The van der Waals surface area contributed by atoms with E-state index >= 15 is 0 Å². The summed E-state index contributed by atoms with van der Waals surface area (Å²) in [5.41, 5.74) is 1.42. The molecule has 0 aliphatic carbocycles. The Bertz CT molecular complexity index is 757. The van der Waals surface area contributed by atoms with Crippen LogP contribution in [-0.2, 0) is 0 Å². The lowest BCUT2D eigenvalue weighted by atomic mass is 10.1. The predicted octanol–water partition coefficient (Wildman–Crippen LogP) is 2.83. The summed E-state index contributed by atoms with van der Waals surface area (Å²) in [4.78, 5) is 12.3. The molecule has 100 valence electrons. The van der Waals surface area contributed by atoms with E-state index in [1.54, 1.807) is 24.5 Å². The van der Waals surface area contributed by atoms with E-state index < -0.39 is 0 Å². The zero-order chi connectivity index (χ0) is 14.1. The van der Waals surface area contributed by atoms with Gasteiger partial charge in [-0.3, -0.25) is 0 Å². The van der Waals surface area contributed by atoms with E-state index in [1.165, 1.54) is 16.8 Å². The van der Waals surface area contributed by atoms with Gasteiger partial charge in [-0.25, -0.2) is 9.07 Å².